The van der Waals surface area contributed by atoms with Crippen LogP contribution in [0.3, 0.4) is 0 Å². The van der Waals surface area contributed by atoms with Crippen LogP contribution in [-0.4, -0.2) is 23.9 Å². The average molecular weight is 425 g/mol. The van der Waals surface area contributed by atoms with Gasteiger partial charge in [0, 0.05) is 21.0 Å². The topological polar surface area (TPSA) is 32.3 Å². The van der Waals surface area contributed by atoms with E-state index in [1.807, 2.05) is 42.5 Å². The number of benzene rings is 2. The fourth-order valence-electron chi connectivity index (χ4n) is 4.04. The number of aryl methyl sites for hydroxylation is 1. The number of carbonyl (C=O) groups excluding carboxylic acids is 1. The van der Waals surface area contributed by atoms with Crippen molar-refractivity contribution in [3.63, 3.8) is 0 Å². The van der Waals surface area contributed by atoms with Crippen molar-refractivity contribution in [2.24, 2.45) is 0 Å². The third-order valence-corrected chi connectivity index (χ3v) is 7.05. The molecule has 0 aliphatic carbocycles. The molecule has 1 unspecified atom stereocenters. The Kier molecular flexibility index (Phi) is 6.04. The van der Waals surface area contributed by atoms with Gasteiger partial charge < -0.3 is 5.32 Å². The SMILES string of the molecule is Cc1sc(NC(=O)c2ccccc2)c(C(c2ccc(Cl)cc2)N2CCCC2)c1C. The molecule has 29 heavy (non-hydrogen) atoms. The van der Waals surface area contributed by atoms with E-state index >= 15 is 0 Å². The van der Waals surface area contributed by atoms with Crippen LogP contribution < -0.4 is 5.32 Å². The van der Waals surface area contributed by atoms with E-state index in [1.165, 1.54) is 34.4 Å². The van der Waals surface area contributed by atoms with Crippen molar-refractivity contribution in [3.8, 4) is 0 Å². The molecule has 2 aromatic carbocycles. The van der Waals surface area contributed by atoms with Gasteiger partial charge in [0.05, 0.1) is 6.04 Å². The molecule has 3 aromatic rings. The van der Waals surface area contributed by atoms with Gasteiger partial charge in [0.25, 0.3) is 5.91 Å². The lowest BCUT2D eigenvalue weighted by molar-refractivity contribution is 0.102. The first-order valence-electron chi connectivity index (χ1n) is 10.0. The number of halogens is 1. The first kappa shape index (κ1) is 20.1. The van der Waals surface area contributed by atoms with Crippen molar-refractivity contribution in [1.29, 1.82) is 0 Å². The maximum Gasteiger partial charge on any atom is 0.256 e. The van der Waals surface area contributed by atoms with Gasteiger partial charge in [0.1, 0.15) is 5.00 Å². The fourth-order valence-corrected chi connectivity index (χ4v) is 5.25. The number of nitrogens with zero attached hydrogens (tertiary/aromatic N) is 1. The van der Waals surface area contributed by atoms with Gasteiger partial charge >= 0.3 is 0 Å². The van der Waals surface area contributed by atoms with Crippen LogP contribution in [-0.2, 0) is 0 Å². The second-order valence-electron chi connectivity index (χ2n) is 7.54. The van der Waals surface area contributed by atoms with Crippen LogP contribution in [0.5, 0.6) is 0 Å². The molecule has 1 aromatic heterocycles. The number of nitrogens with one attached hydrogen (secondary N) is 1. The van der Waals surface area contributed by atoms with E-state index in [1.54, 1.807) is 11.3 Å². The first-order chi connectivity index (χ1) is 14.0. The highest BCUT2D eigenvalue weighted by atomic mass is 35.5. The molecule has 0 radical (unpaired) electrons. The summed E-state index contributed by atoms with van der Waals surface area (Å²) in [4.78, 5) is 16.6. The van der Waals surface area contributed by atoms with E-state index in [4.69, 9.17) is 11.6 Å². The minimum atomic E-state index is -0.0654. The van der Waals surface area contributed by atoms with Crippen molar-refractivity contribution in [1.82, 2.24) is 4.90 Å². The lowest BCUT2D eigenvalue weighted by Gasteiger charge is -2.29. The van der Waals surface area contributed by atoms with E-state index in [2.05, 4.69) is 36.2 Å². The van der Waals surface area contributed by atoms with Crippen molar-refractivity contribution >= 4 is 33.8 Å². The highest BCUT2D eigenvalue weighted by molar-refractivity contribution is 7.16. The molecule has 1 saturated heterocycles. The molecule has 0 bridgehead atoms. The quantitative estimate of drug-likeness (QED) is 0.510. The highest BCUT2D eigenvalue weighted by Crippen LogP contribution is 2.43. The van der Waals surface area contributed by atoms with Gasteiger partial charge in [0.2, 0.25) is 0 Å². The predicted octanol–water partition coefficient (Wildman–Crippen LogP) is 6.46. The molecule has 1 aliphatic rings. The normalized spacial score (nSPS) is 15.4. The van der Waals surface area contributed by atoms with Crippen LogP contribution in [0.25, 0.3) is 0 Å². The number of carbonyl (C=O) groups is 1. The molecule has 3 nitrogen and oxygen atoms in total. The summed E-state index contributed by atoms with van der Waals surface area (Å²) in [5.41, 5.74) is 4.35. The van der Waals surface area contributed by atoms with E-state index < -0.39 is 0 Å². The third kappa shape index (κ3) is 4.25. The summed E-state index contributed by atoms with van der Waals surface area (Å²) in [5.74, 6) is -0.0654. The van der Waals surface area contributed by atoms with Gasteiger partial charge in [-0.3, -0.25) is 9.69 Å². The average Bonchev–Trinajstić information content (AvgIpc) is 3.35. The minimum Gasteiger partial charge on any atom is -0.313 e. The number of rotatable bonds is 5. The Morgan fingerprint density at radius 2 is 1.69 bits per heavy atom. The zero-order valence-corrected chi connectivity index (χ0v) is 18.3. The van der Waals surface area contributed by atoms with Gasteiger partial charge in [-0.25, -0.2) is 0 Å². The van der Waals surface area contributed by atoms with Gasteiger partial charge in [-0.2, -0.15) is 0 Å². The van der Waals surface area contributed by atoms with Gasteiger partial charge in [-0.15, -0.1) is 11.3 Å². The molecule has 2 heterocycles. The lowest BCUT2D eigenvalue weighted by Crippen LogP contribution is -2.27. The molecule has 0 saturated carbocycles. The predicted molar refractivity (Wildman–Crippen MR) is 122 cm³/mol. The van der Waals surface area contributed by atoms with Crippen LogP contribution in [0.15, 0.2) is 54.6 Å². The summed E-state index contributed by atoms with van der Waals surface area (Å²) in [5, 5.41) is 4.89. The maximum absolute atomic E-state index is 12.9. The van der Waals surface area contributed by atoms with Gasteiger partial charge in [-0.05, 0) is 75.2 Å². The third-order valence-electron chi connectivity index (χ3n) is 5.66. The monoisotopic (exact) mass is 424 g/mol. The van der Waals surface area contributed by atoms with Crippen molar-refractivity contribution in [2.75, 3.05) is 18.4 Å². The second kappa shape index (κ2) is 8.70. The maximum atomic E-state index is 12.9. The van der Waals surface area contributed by atoms with E-state index in [0.717, 1.165) is 23.1 Å². The molecular weight excluding hydrogens is 400 g/mol. The summed E-state index contributed by atoms with van der Waals surface area (Å²) in [6.45, 7) is 6.42. The molecule has 0 spiro atoms. The molecule has 1 aliphatic heterocycles. The largest absolute Gasteiger partial charge is 0.313 e. The second-order valence-corrected chi connectivity index (χ2v) is 9.20. The minimum absolute atomic E-state index is 0.0654. The summed E-state index contributed by atoms with van der Waals surface area (Å²) in [7, 11) is 0. The Morgan fingerprint density at radius 3 is 2.34 bits per heavy atom. The van der Waals surface area contributed by atoms with Crippen LogP contribution in [0.4, 0.5) is 5.00 Å². The summed E-state index contributed by atoms with van der Waals surface area (Å²) < 4.78 is 0. The van der Waals surface area contributed by atoms with Crippen molar-refractivity contribution < 1.29 is 4.79 Å². The van der Waals surface area contributed by atoms with Crippen LogP contribution >= 0.6 is 22.9 Å². The molecule has 5 heteroatoms. The number of anilines is 1. The van der Waals surface area contributed by atoms with Crippen molar-refractivity contribution in [2.45, 2.75) is 32.7 Å². The van der Waals surface area contributed by atoms with Crippen LogP contribution in [0.2, 0.25) is 5.02 Å². The van der Waals surface area contributed by atoms with E-state index in [9.17, 15) is 4.79 Å². The summed E-state index contributed by atoms with van der Waals surface area (Å²) in [6, 6.07) is 17.6. The Hall–Kier alpha value is -2.14. The number of likely N-dealkylation sites (tertiary alicyclic amines) is 1. The number of hydrogen-bond acceptors (Lipinski definition) is 3. The zero-order chi connectivity index (χ0) is 20.4. The molecule has 1 amide bonds. The zero-order valence-electron chi connectivity index (χ0n) is 16.7. The lowest BCUT2D eigenvalue weighted by atomic mass is 9.95. The van der Waals surface area contributed by atoms with Crippen LogP contribution in [0, 0.1) is 13.8 Å². The molecule has 1 atom stereocenters. The molecule has 4 rings (SSSR count). The molecule has 1 N–H and O–H groups in total. The van der Waals surface area contributed by atoms with E-state index in [0.29, 0.717) is 5.56 Å². The van der Waals surface area contributed by atoms with Gasteiger partial charge in [-0.1, -0.05) is 41.9 Å². The molecule has 150 valence electrons. The Balaban J connectivity index is 1.76. The first-order valence-corrected chi connectivity index (χ1v) is 11.2. The molecule has 1 fully saturated rings. The molecular formula is C24H25ClN2OS. The van der Waals surface area contributed by atoms with Crippen molar-refractivity contribution in [3.05, 3.63) is 86.8 Å². The summed E-state index contributed by atoms with van der Waals surface area (Å²) in [6.07, 6.45) is 2.41. The highest BCUT2D eigenvalue weighted by Gasteiger charge is 2.30. The van der Waals surface area contributed by atoms with E-state index in [-0.39, 0.29) is 11.9 Å². The van der Waals surface area contributed by atoms with Gasteiger partial charge in [0.15, 0.2) is 0 Å². The smallest absolute Gasteiger partial charge is 0.256 e. The number of thiophene rings is 1. The number of amides is 1. The summed E-state index contributed by atoms with van der Waals surface area (Å²) >= 11 is 7.82. The van der Waals surface area contributed by atoms with Crippen LogP contribution in [0.1, 0.15) is 50.8 Å². The number of hydrogen-bond donors (Lipinski definition) is 1. The Bertz CT molecular complexity index is 992. The standard InChI is InChI=1S/C24H25ClN2OS/c1-16-17(2)29-24(26-23(28)19-8-4-3-5-9-19)21(16)22(27-14-6-7-15-27)18-10-12-20(25)13-11-18/h3-5,8-13,22H,6-7,14-15H2,1-2H3,(H,26,28). The fraction of sp³-hybridized carbons (Fsp3) is 0.292. The Morgan fingerprint density at radius 1 is 1.03 bits per heavy atom. The Labute approximate surface area is 181 Å².